The van der Waals surface area contributed by atoms with Crippen molar-refractivity contribution in [1.29, 1.82) is 0 Å². The number of pyridine rings is 1. The third-order valence-corrected chi connectivity index (χ3v) is 4.24. The van der Waals surface area contributed by atoms with E-state index in [-0.39, 0.29) is 0 Å². The SMILES string of the molecule is CCCc1ccc(-c2cc(C(=O)Cl)c3cccc(C)c3n2)cc1. The van der Waals surface area contributed by atoms with E-state index in [1.807, 2.05) is 25.1 Å². The first-order valence-electron chi connectivity index (χ1n) is 7.79. The third-order valence-electron chi connectivity index (χ3n) is 4.04. The zero-order valence-corrected chi connectivity index (χ0v) is 14.0. The van der Waals surface area contributed by atoms with Crippen molar-refractivity contribution in [1.82, 2.24) is 4.98 Å². The number of para-hydroxylation sites is 1. The van der Waals surface area contributed by atoms with Crippen molar-refractivity contribution in [3.05, 3.63) is 65.2 Å². The minimum atomic E-state index is -0.452. The molecule has 0 amide bonds. The molecule has 1 heterocycles. The molecule has 0 radical (unpaired) electrons. The first-order valence-corrected chi connectivity index (χ1v) is 8.17. The molecular formula is C20H18ClNO. The lowest BCUT2D eigenvalue weighted by Gasteiger charge is -2.09. The average Bonchev–Trinajstić information content (AvgIpc) is 2.55. The first kappa shape index (κ1) is 15.7. The van der Waals surface area contributed by atoms with Crippen LogP contribution in [0.2, 0.25) is 0 Å². The molecule has 2 nitrogen and oxygen atoms in total. The predicted molar refractivity (Wildman–Crippen MR) is 96.1 cm³/mol. The number of carbonyl (C=O) groups excluding carboxylic acids is 1. The second-order valence-electron chi connectivity index (χ2n) is 5.75. The van der Waals surface area contributed by atoms with Gasteiger partial charge in [-0.2, -0.15) is 0 Å². The maximum Gasteiger partial charge on any atom is 0.253 e. The summed E-state index contributed by atoms with van der Waals surface area (Å²) in [4.78, 5) is 16.6. The van der Waals surface area contributed by atoms with Crippen LogP contribution in [0.4, 0.5) is 0 Å². The van der Waals surface area contributed by atoms with Crippen LogP contribution in [0.3, 0.4) is 0 Å². The largest absolute Gasteiger partial charge is 0.276 e. The molecule has 23 heavy (non-hydrogen) atoms. The topological polar surface area (TPSA) is 30.0 Å². The fourth-order valence-corrected chi connectivity index (χ4v) is 2.99. The van der Waals surface area contributed by atoms with E-state index >= 15 is 0 Å². The van der Waals surface area contributed by atoms with Gasteiger partial charge in [0, 0.05) is 16.5 Å². The van der Waals surface area contributed by atoms with Crippen LogP contribution >= 0.6 is 11.6 Å². The number of aromatic nitrogens is 1. The Hall–Kier alpha value is -2.19. The Morgan fingerprint density at radius 2 is 1.87 bits per heavy atom. The van der Waals surface area contributed by atoms with E-state index < -0.39 is 5.24 Å². The number of hydrogen-bond donors (Lipinski definition) is 0. The molecule has 0 spiro atoms. The lowest BCUT2D eigenvalue weighted by molar-refractivity contribution is 0.108. The van der Waals surface area contributed by atoms with E-state index in [1.54, 1.807) is 6.07 Å². The maximum absolute atomic E-state index is 11.8. The highest BCUT2D eigenvalue weighted by Gasteiger charge is 2.13. The molecule has 116 valence electrons. The maximum atomic E-state index is 11.8. The molecule has 0 fully saturated rings. The van der Waals surface area contributed by atoms with Crippen molar-refractivity contribution >= 4 is 27.7 Å². The molecule has 2 aromatic carbocycles. The fraction of sp³-hybridized carbons (Fsp3) is 0.200. The molecule has 3 heteroatoms. The summed E-state index contributed by atoms with van der Waals surface area (Å²) in [7, 11) is 0. The van der Waals surface area contributed by atoms with Gasteiger partial charge in [0.25, 0.3) is 5.24 Å². The van der Waals surface area contributed by atoms with Crippen LogP contribution in [0.25, 0.3) is 22.2 Å². The molecule has 0 N–H and O–H groups in total. The molecule has 0 unspecified atom stereocenters. The van der Waals surface area contributed by atoms with Crippen LogP contribution in [0, 0.1) is 6.92 Å². The van der Waals surface area contributed by atoms with Gasteiger partial charge in [0.1, 0.15) is 0 Å². The van der Waals surface area contributed by atoms with E-state index in [2.05, 4.69) is 31.2 Å². The minimum Gasteiger partial charge on any atom is -0.276 e. The number of halogens is 1. The number of nitrogens with zero attached hydrogens (tertiary/aromatic N) is 1. The summed E-state index contributed by atoms with van der Waals surface area (Å²) in [5.41, 5.74) is 5.45. The second kappa shape index (κ2) is 6.51. The van der Waals surface area contributed by atoms with Crippen LogP contribution in [0.5, 0.6) is 0 Å². The third kappa shape index (κ3) is 3.13. The van der Waals surface area contributed by atoms with E-state index in [1.165, 1.54) is 5.56 Å². The quantitative estimate of drug-likeness (QED) is 0.590. The zero-order chi connectivity index (χ0) is 16.4. The molecule has 0 atom stereocenters. The molecule has 3 rings (SSSR count). The van der Waals surface area contributed by atoms with Gasteiger partial charge in [0.2, 0.25) is 0 Å². The molecule has 0 saturated carbocycles. The van der Waals surface area contributed by atoms with Crippen LogP contribution < -0.4 is 0 Å². The van der Waals surface area contributed by atoms with Crippen molar-refractivity contribution in [2.24, 2.45) is 0 Å². The molecule has 0 aliphatic rings. The monoisotopic (exact) mass is 323 g/mol. The standard InChI is InChI=1S/C20H18ClNO/c1-3-5-14-8-10-15(11-9-14)18-12-17(20(21)23)16-7-4-6-13(2)19(16)22-18/h4,6-12H,3,5H2,1-2H3. The molecular weight excluding hydrogens is 306 g/mol. The van der Waals surface area contributed by atoms with Gasteiger partial charge in [-0.25, -0.2) is 4.98 Å². The van der Waals surface area contributed by atoms with Crippen LogP contribution in [0.15, 0.2) is 48.5 Å². The molecule has 0 aliphatic carbocycles. The lowest BCUT2D eigenvalue weighted by Crippen LogP contribution is -1.97. The summed E-state index contributed by atoms with van der Waals surface area (Å²) >= 11 is 5.79. The van der Waals surface area contributed by atoms with Crippen LogP contribution in [0.1, 0.15) is 34.8 Å². The Morgan fingerprint density at radius 3 is 2.52 bits per heavy atom. The van der Waals surface area contributed by atoms with E-state index in [0.717, 1.165) is 40.6 Å². The van der Waals surface area contributed by atoms with Gasteiger partial charge >= 0.3 is 0 Å². The number of fused-ring (bicyclic) bond motifs is 1. The van der Waals surface area contributed by atoms with Gasteiger partial charge in [-0.3, -0.25) is 4.79 Å². The van der Waals surface area contributed by atoms with Crippen molar-refractivity contribution in [2.45, 2.75) is 26.7 Å². The summed E-state index contributed by atoms with van der Waals surface area (Å²) in [5, 5.41) is 0.350. The molecule has 0 bridgehead atoms. The summed E-state index contributed by atoms with van der Waals surface area (Å²) < 4.78 is 0. The molecule has 0 saturated heterocycles. The Kier molecular flexibility index (Phi) is 4.44. The highest BCUT2D eigenvalue weighted by atomic mass is 35.5. The van der Waals surface area contributed by atoms with Gasteiger partial charge < -0.3 is 0 Å². The number of carbonyl (C=O) groups is 1. The van der Waals surface area contributed by atoms with E-state index in [0.29, 0.717) is 5.56 Å². The summed E-state index contributed by atoms with van der Waals surface area (Å²) in [5.74, 6) is 0. The van der Waals surface area contributed by atoms with E-state index in [4.69, 9.17) is 16.6 Å². The zero-order valence-electron chi connectivity index (χ0n) is 13.3. The number of rotatable bonds is 4. The number of benzene rings is 2. The molecule has 1 aromatic heterocycles. The smallest absolute Gasteiger partial charge is 0.253 e. The highest BCUT2D eigenvalue weighted by molar-refractivity contribution is 6.68. The van der Waals surface area contributed by atoms with Crippen LogP contribution in [-0.4, -0.2) is 10.2 Å². The van der Waals surface area contributed by atoms with Gasteiger partial charge in [-0.05, 0) is 42.1 Å². The van der Waals surface area contributed by atoms with Gasteiger partial charge in [-0.1, -0.05) is 55.8 Å². The summed E-state index contributed by atoms with van der Waals surface area (Å²) in [6, 6.07) is 15.9. The van der Waals surface area contributed by atoms with Gasteiger partial charge in [-0.15, -0.1) is 0 Å². The Bertz CT molecular complexity index is 869. The number of aryl methyl sites for hydroxylation is 2. The Labute approximate surface area is 141 Å². The Morgan fingerprint density at radius 1 is 1.13 bits per heavy atom. The number of hydrogen-bond acceptors (Lipinski definition) is 2. The first-order chi connectivity index (χ1) is 11.1. The summed E-state index contributed by atoms with van der Waals surface area (Å²) in [6.45, 7) is 4.16. The average molecular weight is 324 g/mol. The second-order valence-corrected chi connectivity index (χ2v) is 6.09. The molecule has 3 aromatic rings. The highest BCUT2D eigenvalue weighted by Crippen LogP contribution is 2.28. The van der Waals surface area contributed by atoms with Crippen molar-refractivity contribution in [3.63, 3.8) is 0 Å². The van der Waals surface area contributed by atoms with Crippen molar-refractivity contribution < 1.29 is 4.79 Å². The van der Waals surface area contributed by atoms with Gasteiger partial charge in [0.05, 0.1) is 11.2 Å². The minimum absolute atomic E-state index is 0.452. The van der Waals surface area contributed by atoms with Gasteiger partial charge in [0.15, 0.2) is 0 Å². The lowest BCUT2D eigenvalue weighted by atomic mass is 10.0. The Balaban J connectivity index is 2.17. The normalized spacial score (nSPS) is 10.9. The van der Waals surface area contributed by atoms with Crippen molar-refractivity contribution in [3.8, 4) is 11.3 Å². The fourth-order valence-electron chi connectivity index (χ4n) is 2.83. The van der Waals surface area contributed by atoms with E-state index in [9.17, 15) is 4.79 Å². The van der Waals surface area contributed by atoms with Crippen LogP contribution in [-0.2, 0) is 6.42 Å². The van der Waals surface area contributed by atoms with Crippen molar-refractivity contribution in [2.75, 3.05) is 0 Å². The predicted octanol–water partition coefficient (Wildman–Crippen LogP) is 5.54. The summed E-state index contributed by atoms with van der Waals surface area (Å²) in [6.07, 6.45) is 2.19. The molecule has 0 aliphatic heterocycles.